The standard InChI is InChI=1S/C9H10ClF2N/c1-5-7(10)3-2-6(9(5)12)8(11)4-13/h2-3,8H,4,13H2,1H3. The maximum absolute atomic E-state index is 13.3. The van der Waals surface area contributed by atoms with Crippen LogP contribution < -0.4 is 5.73 Å². The van der Waals surface area contributed by atoms with Crippen LogP contribution in [0, 0.1) is 12.7 Å². The zero-order chi connectivity index (χ0) is 10.0. The molecular formula is C9H10ClF2N. The van der Waals surface area contributed by atoms with E-state index < -0.39 is 12.0 Å². The highest BCUT2D eigenvalue weighted by Gasteiger charge is 2.15. The van der Waals surface area contributed by atoms with Gasteiger partial charge in [-0.2, -0.15) is 0 Å². The Morgan fingerprint density at radius 3 is 2.69 bits per heavy atom. The molecule has 0 radical (unpaired) electrons. The van der Waals surface area contributed by atoms with Crippen molar-refractivity contribution >= 4 is 11.6 Å². The van der Waals surface area contributed by atoms with E-state index in [4.69, 9.17) is 17.3 Å². The Morgan fingerprint density at radius 2 is 2.15 bits per heavy atom. The summed E-state index contributed by atoms with van der Waals surface area (Å²) in [6.45, 7) is 1.28. The van der Waals surface area contributed by atoms with E-state index >= 15 is 0 Å². The molecule has 0 aromatic heterocycles. The normalized spacial score (nSPS) is 13.0. The minimum absolute atomic E-state index is 0.0237. The second-order valence-corrected chi connectivity index (χ2v) is 3.19. The van der Waals surface area contributed by atoms with Crippen LogP contribution in [0.15, 0.2) is 12.1 Å². The number of hydrogen-bond acceptors (Lipinski definition) is 1. The number of halogens is 3. The molecule has 0 aliphatic heterocycles. The topological polar surface area (TPSA) is 26.0 Å². The van der Waals surface area contributed by atoms with Gasteiger partial charge in [0.15, 0.2) is 0 Å². The maximum atomic E-state index is 13.3. The summed E-state index contributed by atoms with van der Waals surface area (Å²) in [6, 6.07) is 2.79. The number of alkyl halides is 1. The molecule has 0 aliphatic carbocycles. The highest BCUT2D eigenvalue weighted by atomic mass is 35.5. The van der Waals surface area contributed by atoms with Gasteiger partial charge in [0.2, 0.25) is 0 Å². The second kappa shape index (κ2) is 4.03. The van der Waals surface area contributed by atoms with Crippen LogP contribution >= 0.6 is 11.6 Å². The Kier molecular flexibility index (Phi) is 3.22. The first-order valence-corrected chi connectivity index (χ1v) is 4.24. The second-order valence-electron chi connectivity index (χ2n) is 2.78. The largest absolute Gasteiger partial charge is 0.327 e. The van der Waals surface area contributed by atoms with Crippen LogP contribution in [0.4, 0.5) is 8.78 Å². The van der Waals surface area contributed by atoms with Gasteiger partial charge in [-0.25, -0.2) is 8.78 Å². The average molecular weight is 206 g/mol. The SMILES string of the molecule is Cc1c(Cl)ccc(C(F)CN)c1F. The first kappa shape index (κ1) is 10.4. The van der Waals surface area contributed by atoms with Gasteiger partial charge in [-0.3, -0.25) is 0 Å². The van der Waals surface area contributed by atoms with E-state index in [1.807, 2.05) is 0 Å². The summed E-state index contributed by atoms with van der Waals surface area (Å²) >= 11 is 5.64. The molecule has 13 heavy (non-hydrogen) atoms. The third-order valence-corrected chi connectivity index (χ3v) is 2.30. The molecule has 0 bridgehead atoms. The van der Waals surface area contributed by atoms with Gasteiger partial charge in [0, 0.05) is 22.7 Å². The van der Waals surface area contributed by atoms with Gasteiger partial charge in [0.1, 0.15) is 12.0 Å². The van der Waals surface area contributed by atoms with E-state index in [2.05, 4.69) is 0 Å². The van der Waals surface area contributed by atoms with Crippen molar-refractivity contribution in [2.45, 2.75) is 13.1 Å². The number of hydrogen-bond donors (Lipinski definition) is 1. The summed E-state index contributed by atoms with van der Waals surface area (Å²) in [7, 11) is 0. The molecule has 1 aromatic carbocycles. The van der Waals surface area contributed by atoms with Crippen LogP contribution in [-0.4, -0.2) is 6.54 Å². The van der Waals surface area contributed by atoms with E-state index in [0.29, 0.717) is 5.02 Å². The number of nitrogens with two attached hydrogens (primary N) is 1. The Labute approximate surface area is 80.5 Å². The molecule has 0 amide bonds. The van der Waals surface area contributed by atoms with Crippen molar-refractivity contribution in [1.82, 2.24) is 0 Å². The van der Waals surface area contributed by atoms with Crippen molar-refractivity contribution in [3.63, 3.8) is 0 Å². The molecule has 0 aliphatic rings. The van der Waals surface area contributed by atoms with Gasteiger partial charge in [-0.15, -0.1) is 0 Å². The summed E-state index contributed by atoms with van der Waals surface area (Å²) in [5, 5.41) is 0.297. The number of rotatable bonds is 2. The van der Waals surface area contributed by atoms with E-state index in [-0.39, 0.29) is 17.7 Å². The molecule has 0 saturated heterocycles. The van der Waals surface area contributed by atoms with Gasteiger partial charge in [0.25, 0.3) is 0 Å². The fraction of sp³-hybridized carbons (Fsp3) is 0.333. The third-order valence-electron chi connectivity index (χ3n) is 1.89. The lowest BCUT2D eigenvalue weighted by molar-refractivity contribution is 0.341. The first-order valence-electron chi connectivity index (χ1n) is 3.86. The van der Waals surface area contributed by atoms with Crippen LogP contribution in [0.5, 0.6) is 0 Å². The Balaban J connectivity index is 3.18. The molecule has 1 unspecified atom stereocenters. The molecule has 1 nitrogen and oxygen atoms in total. The van der Waals surface area contributed by atoms with Crippen LogP contribution in [0.2, 0.25) is 5.02 Å². The van der Waals surface area contributed by atoms with Gasteiger partial charge >= 0.3 is 0 Å². The van der Waals surface area contributed by atoms with Crippen LogP contribution in [0.25, 0.3) is 0 Å². The molecule has 4 heteroatoms. The van der Waals surface area contributed by atoms with Crippen molar-refractivity contribution in [2.75, 3.05) is 6.54 Å². The lowest BCUT2D eigenvalue weighted by Gasteiger charge is -2.09. The van der Waals surface area contributed by atoms with Crippen molar-refractivity contribution < 1.29 is 8.78 Å². The molecule has 1 aromatic rings. The monoisotopic (exact) mass is 205 g/mol. The summed E-state index contributed by atoms with van der Waals surface area (Å²) in [5.74, 6) is -0.606. The Hall–Kier alpha value is -0.670. The maximum Gasteiger partial charge on any atom is 0.140 e. The van der Waals surface area contributed by atoms with Crippen LogP contribution in [0.3, 0.4) is 0 Å². The van der Waals surface area contributed by atoms with Crippen LogP contribution in [-0.2, 0) is 0 Å². The van der Waals surface area contributed by atoms with Crippen molar-refractivity contribution in [2.24, 2.45) is 5.73 Å². The minimum Gasteiger partial charge on any atom is -0.327 e. The van der Waals surface area contributed by atoms with Crippen molar-refractivity contribution in [3.05, 3.63) is 34.1 Å². The van der Waals surface area contributed by atoms with Crippen molar-refractivity contribution in [3.8, 4) is 0 Å². The summed E-state index contributed by atoms with van der Waals surface area (Å²) in [4.78, 5) is 0. The molecule has 0 saturated carbocycles. The van der Waals surface area contributed by atoms with Crippen molar-refractivity contribution in [1.29, 1.82) is 0 Å². The fourth-order valence-electron chi connectivity index (χ4n) is 1.05. The Morgan fingerprint density at radius 1 is 1.54 bits per heavy atom. The zero-order valence-electron chi connectivity index (χ0n) is 7.15. The summed E-state index contributed by atoms with van der Waals surface area (Å²) in [5.41, 5.74) is 5.32. The Bertz CT molecular complexity index is 315. The van der Waals surface area contributed by atoms with E-state index in [1.54, 1.807) is 0 Å². The molecular weight excluding hydrogens is 196 g/mol. The molecule has 2 N–H and O–H groups in total. The summed E-state index contributed by atoms with van der Waals surface area (Å²) < 4.78 is 26.3. The van der Waals surface area contributed by atoms with E-state index in [9.17, 15) is 8.78 Å². The van der Waals surface area contributed by atoms with Gasteiger partial charge in [-0.05, 0) is 13.0 Å². The highest BCUT2D eigenvalue weighted by Crippen LogP contribution is 2.26. The summed E-state index contributed by atoms with van der Waals surface area (Å²) in [6.07, 6.45) is -1.46. The zero-order valence-corrected chi connectivity index (χ0v) is 7.91. The molecule has 0 heterocycles. The predicted octanol–water partition coefficient (Wildman–Crippen LogP) is 2.76. The third kappa shape index (κ3) is 1.98. The van der Waals surface area contributed by atoms with Crippen LogP contribution in [0.1, 0.15) is 17.3 Å². The van der Waals surface area contributed by atoms with Gasteiger partial charge in [-0.1, -0.05) is 17.7 Å². The van der Waals surface area contributed by atoms with E-state index in [0.717, 1.165) is 0 Å². The smallest absolute Gasteiger partial charge is 0.140 e. The van der Waals surface area contributed by atoms with E-state index in [1.165, 1.54) is 19.1 Å². The molecule has 1 atom stereocenters. The fourth-order valence-corrected chi connectivity index (χ4v) is 1.20. The first-order chi connectivity index (χ1) is 6.07. The minimum atomic E-state index is -1.46. The van der Waals surface area contributed by atoms with Gasteiger partial charge in [0.05, 0.1) is 0 Å². The molecule has 0 spiro atoms. The molecule has 1 rings (SSSR count). The number of benzene rings is 1. The molecule has 72 valence electrons. The quantitative estimate of drug-likeness (QED) is 0.790. The predicted molar refractivity (Wildman–Crippen MR) is 49.1 cm³/mol. The molecule has 0 fully saturated rings. The average Bonchev–Trinajstić information content (AvgIpc) is 2.13. The lowest BCUT2D eigenvalue weighted by Crippen LogP contribution is -2.10. The highest BCUT2D eigenvalue weighted by molar-refractivity contribution is 6.31. The lowest BCUT2D eigenvalue weighted by atomic mass is 10.1. The van der Waals surface area contributed by atoms with Gasteiger partial charge < -0.3 is 5.73 Å².